The lowest BCUT2D eigenvalue weighted by molar-refractivity contribution is 0.281. The van der Waals surface area contributed by atoms with Gasteiger partial charge >= 0.3 is 0 Å². The third-order valence-corrected chi connectivity index (χ3v) is 4.14. The Morgan fingerprint density at radius 1 is 1.18 bits per heavy atom. The number of aromatic nitrogens is 2. The fourth-order valence-electron chi connectivity index (χ4n) is 3.23. The van der Waals surface area contributed by atoms with Gasteiger partial charge in [0.05, 0.1) is 6.61 Å². The van der Waals surface area contributed by atoms with Crippen LogP contribution in [0.5, 0.6) is 0 Å². The Bertz CT molecular complexity index is 379. The molecule has 4 heteroatoms. The van der Waals surface area contributed by atoms with Gasteiger partial charge in [0.25, 0.3) is 0 Å². The normalized spacial score (nSPS) is 28.2. The molecule has 17 heavy (non-hydrogen) atoms. The molecule has 2 fully saturated rings. The largest absolute Gasteiger partial charge is 0.392 e. The van der Waals surface area contributed by atoms with Crippen molar-refractivity contribution in [1.29, 1.82) is 0 Å². The van der Waals surface area contributed by atoms with Crippen LogP contribution in [0, 0.1) is 5.92 Å². The van der Waals surface area contributed by atoms with Gasteiger partial charge in [0.1, 0.15) is 0 Å². The Morgan fingerprint density at radius 2 is 1.94 bits per heavy atom. The summed E-state index contributed by atoms with van der Waals surface area (Å²) < 4.78 is 0. The Balaban J connectivity index is 1.78. The van der Waals surface area contributed by atoms with Gasteiger partial charge in [0.15, 0.2) is 0 Å². The highest BCUT2D eigenvalue weighted by Crippen LogP contribution is 2.37. The molecule has 0 amide bonds. The molecule has 2 unspecified atom stereocenters. The second-order valence-electron chi connectivity index (χ2n) is 5.14. The zero-order chi connectivity index (χ0) is 11.7. The molecule has 1 N–H and O–H groups in total. The molecule has 1 aliphatic heterocycles. The van der Waals surface area contributed by atoms with Crippen molar-refractivity contribution in [2.75, 3.05) is 11.4 Å². The van der Waals surface area contributed by atoms with Gasteiger partial charge < -0.3 is 10.0 Å². The molecule has 4 nitrogen and oxygen atoms in total. The van der Waals surface area contributed by atoms with E-state index in [0.29, 0.717) is 6.04 Å². The number of nitrogens with zero attached hydrogens (tertiary/aromatic N) is 3. The van der Waals surface area contributed by atoms with Gasteiger partial charge in [-0.15, -0.1) is 0 Å². The number of rotatable bonds is 2. The maximum Gasteiger partial charge on any atom is 0.225 e. The monoisotopic (exact) mass is 233 g/mol. The molecule has 0 aromatic carbocycles. The molecule has 1 saturated carbocycles. The molecular weight excluding hydrogens is 214 g/mol. The summed E-state index contributed by atoms with van der Waals surface area (Å²) in [6, 6.07) is 0.656. The highest BCUT2D eigenvalue weighted by molar-refractivity contribution is 5.34. The van der Waals surface area contributed by atoms with Crippen LogP contribution >= 0.6 is 0 Å². The van der Waals surface area contributed by atoms with Gasteiger partial charge in [-0.05, 0) is 25.2 Å². The molecule has 2 atom stereocenters. The summed E-state index contributed by atoms with van der Waals surface area (Å²) in [6.07, 6.45) is 10.1. The van der Waals surface area contributed by atoms with Crippen molar-refractivity contribution in [2.45, 2.75) is 44.8 Å². The number of aliphatic hydroxyl groups excluding tert-OH is 1. The van der Waals surface area contributed by atoms with E-state index in [0.717, 1.165) is 24.0 Å². The molecule has 1 aromatic heterocycles. The first-order valence-corrected chi connectivity index (χ1v) is 6.57. The van der Waals surface area contributed by atoms with Gasteiger partial charge in [-0.1, -0.05) is 12.8 Å². The van der Waals surface area contributed by atoms with Crippen LogP contribution in [0.1, 0.15) is 37.7 Å². The van der Waals surface area contributed by atoms with E-state index in [1.54, 1.807) is 12.4 Å². The lowest BCUT2D eigenvalue weighted by Crippen LogP contribution is -2.35. The molecule has 2 aliphatic rings. The Hall–Kier alpha value is -1.16. The lowest BCUT2D eigenvalue weighted by Gasteiger charge is -2.31. The number of anilines is 1. The zero-order valence-electron chi connectivity index (χ0n) is 10.0. The van der Waals surface area contributed by atoms with Crippen molar-refractivity contribution >= 4 is 5.95 Å². The first-order valence-electron chi connectivity index (χ1n) is 6.57. The van der Waals surface area contributed by atoms with Crippen LogP contribution in [-0.4, -0.2) is 27.7 Å². The first kappa shape index (κ1) is 11.0. The summed E-state index contributed by atoms with van der Waals surface area (Å²) in [5, 5.41) is 8.99. The fraction of sp³-hybridized carbons (Fsp3) is 0.692. The molecule has 1 aliphatic carbocycles. The first-order chi connectivity index (χ1) is 8.38. The average molecular weight is 233 g/mol. The maximum absolute atomic E-state index is 8.99. The molecule has 3 rings (SSSR count). The SMILES string of the molecule is OCc1cnc(N2CCC3CCCCC32)nc1. The second-order valence-corrected chi connectivity index (χ2v) is 5.14. The van der Waals surface area contributed by atoms with Gasteiger partial charge in [0.2, 0.25) is 5.95 Å². The van der Waals surface area contributed by atoms with Gasteiger partial charge in [-0.25, -0.2) is 9.97 Å². The van der Waals surface area contributed by atoms with E-state index in [9.17, 15) is 0 Å². The van der Waals surface area contributed by atoms with Gasteiger partial charge in [-0.3, -0.25) is 0 Å². The van der Waals surface area contributed by atoms with E-state index in [-0.39, 0.29) is 6.61 Å². The zero-order valence-corrected chi connectivity index (χ0v) is 10.0. The van der Waals surface area contributed by atoms with Crippen LogP contribution in [0.3, 0.4) is 0 Å². The molecule has 0 bridgehead atoms. The molecule has 1 aromatic rings. The Kier molecular flexibility index (Phi) is 2.97. The number of hydrogen-bond acceptors (Lipinski definition) is 4. The summed E-state index contributed by atoms with van der Waals surface area (Å²) in [6.45, 7) is 1.11. The van der Waals surface area contributed by atoms with Crippen molar-refractivity contribution in [3.63, 3.8) is 0 Å². The van der Waals surface area contributed by atoms with E-state index in [1.165, 1.54) is 32.1 Å². The highest BCUT2D eigenvalue weighted by Gasteiger charge is 2.36. The van der Waals surface area contributed by atoms with E-state index in [2.05, 4.69) is 14.9 Å². The van der Waals surface area contributed by atoms with Crippen molar-refractivity contribution < 1.29 is 5.11 Å². The minimum Gasteiger partial charge on any atom is -0.392 e. The van der Waals surface area contributed by atoms with Crippen molar-refractivity contribution in [2.24, 2.45) is 5.92 Å². The van der Waals surface area contributed by atoms with E-state index >= 15 is 0 Å². The van der Waals surface area contributed by atoms with Crippen LogP contribution in [0.2, 0.25) is 0 Å². The smallest absolute Gasteiger partial charge is 0.225 e. The van der Waals surface area contributed by atoms with Crippen LogP contribution in [0.25, 0.3) is 0 Å². The van der Waals surface area contributed by atoms with Crippen LogP contribution in [-0.2, 0) is 6.61 Å². The maximum atomic E-state index is 8.99. The van der Waals surface area contributed by atoms with Crippen molar-refractivity contribution in [1.82, 2.24) is 9.97 Å². The summed E-state index contributed by atoms with van der Waals surface area (Å²) >= 11 is 0. The van der Waals surface area contributed by atoms with Gasteiger partial charge in [-0.2, -0.15) is 0 Å². The molecule has 2 heterocycles. The summed E-state index contributed by atoms with van der Waals surface area (Å²) in [7, 11) is 0. The third kappa shape index (κ3) is 2.02. The Labute approximate surface area is 102 Å². The van der Waals surface area contributed by atoms with Crippen LogP contribution in [0.4, 0.5) is 5.95 Å². The predicted octanol–water partition coefficient (Wildman–Crippen LogP) is 1.74. The average Bonchev–Trinajstić information content (AvgIpc) is 2.83. The van der Waals surface area contributed by atoms with E-state index in [1.807, 2.05) is 0 Å². The fourth-order valence-corrected chi connectivity index (χ4v) is 3.23. The lowest BCUT2D eigenvalue weighted by atomic mass is 9.85. The minimum absolute atomic E-state index is 0.0202. The van der Waals surface area contributed by atoms with Crippen LogP contribution in [0.15, 0.2) is 12.4 Å². The van der Waals surface area contributed by atoms with E-state index in [4.69, 9.17) is 5.11 Å². The predicted molar refractivity (Wildman–Crippen MR) is 65.7 cm³/mol. The molecule has 0 spiro atoms. The molecule has 1 saturated heterocycles. The molecular formula is C13H19N3O. The molecule has 0 radical (unpaired) electrons. The van der Waals surface area contributed by atoms with E-state index < -0.39 is 0 Å². The van der Waals surface area contributed by atoms with Gasteiger partial charge in [0, 0.05) is 30.5 Å². The standard InChI is InChI=1S/C13H19N3O/c17-9-10-7-14-13(15-8-10)16-6-5-11-3-1-2-4-12(11)16/h7-8,11-12,17H,1-6,9H2. The number of aliphatic hydroxyl groups is 1. The summed E-state index contributed by atoms with van der Waals surface area (Å²) in [5.74, 6) is 1.70. The number of fused-ring (bicyclic) bond motifs is 1. The Morgan fingerprint density at radius 3 is 2.71 bits per heavy atom. The van der Waals surface area contributed by atoms with Crippen molar-refractivity contribution in [3.8, 4) is 0 Å². The third-order valence-electron chi connectivity index (χ3n) is 4.14. The molecule has 92 valence electrons. The highest BCUT2D eigenvalue weighted by atomic mass is 16.3. The second kappa shape index (κ2) is 4.61. The minimum atomic E-state index is 0.0202. The topological polar surface area (TPSA) is 49.3 Å². The van der Waals surface area contributed by atoms with Crippen LogP contribution < -0.4 is 4.90 Å². The summed E-state index contributed by atoms with van der Waals surface area (Å²) in [4.78, 5) is 11.1. The summed E-state index contributed by atoms with van der Waals surface area (Å²) in [5.41, 5.74) is 0.785. The quantitative estimate of drug-likeness (QED) is 0.845. The van der Waals surface area contributed by atoms with Crippen molar-refractivity contribution in [3.05, 3.63) is 18.0 Å². The number of hydrogen-bond donors (Lipinski definition) is 1.